The van der Waals surface area contributed by atoms with Crippen molar-refractivity contribution < 1.29 is 4.79 Å². The summed E-state index contributed by atoms with van der Waals surface area (Å²) in [6.07, 6.45) is 6.92. The van der Waals surface area contributed by atoms with Crippen LogP contribution in [-0.2, 0) is 17.9 Å². The monoisotopic (exact) mass is 380 g/mol. The van der Waals surface area contributed by atoms with Gasteiger partial charge in [0.25, 0.3) is 5.56 Å². The Labute approximate surface area is 162 Å². The van der Waals surface area contributed by atoms with E-state index in [0.29, 0.717) is 12.2 Å². The summed E-state index contributed by atoms with van der Waals surface area (Å²) >= 11 is 0. The van der Waals surface area contributed by atoms with E-state index in [1.54, 1.807) is 4.68 Å². The maximum atomic E-state index is 12.7. The first kappa shape index (κ1) is 18.3. The molecule has 28 heavy (non-hydrogen) atoms. The van der Waals surface area contributed by atoms with E-state index in [0.717, 1.165) is 31.2 Å². The van der Waals surface area contributed by atoms with E-state index in [2.05, 4.69) is 20.6 Å². The number of amides is 1. The summed E-state index contributed by atoms with van der Waals surface area (Å²) in [6.45, 7) is 2.46. The fourth-order valence-electron chi connectivity index (χ4n) is 3.65. The van der Waals surface area contributed by atoms with Crippen LogP contribution in [-0.4, -0.2) is 36.5 Å². The smallest absolute Gasteiger partial charge is 0.283 e. The van der Waals surface area contributed by atoms with Gasteiger partial charge in [-0.1, -0.05) is 54.3 Å². The van der Waals surface area contributed by atoms with Gasteiger partial charge in [-0.15, -0.1) is 5.10 Å². The summed E-state index contributed by atoms with van der Waals surface area (Å²) in [5, 5.41) is 11.1. The first-order chi connectivity index (χ1) is 13.6. The van der Waals surface area contributed by atoms with Gasteiger partial charge in [0, 0.05) is 6.04 Å². The number of fused-ring (bicyclic) bond motifs is 1. The molecule has 8 heteroatoms. The maximum absolute atomic E-state index is 12.7. The summed E-state index contributed by atoms with van der Waals surface area (Å²) in [6, 6.07) is 8.29. The normalized spacial score (nSPS) is 15.0. The molecule has 0 saturated heterocycles. The van der Waals surface area contributed by atoms with E-state index in [9.17, 15) is 9.59 Å². The third kappa shape index (κ3) is 3.95. The van der Waals surface area contributed by atoms with E-state index in [1.165, 1.54) is 22.9 Å². The highest BCUT2D eigenvalue weighted by Gasteiger charge is 2.18. The summed E-state index contributed by atoms with van der Waals surface area (Å²) < 4.78 is 2.90. The van der Waals surface area contributed by atoms with Gasteiger partial charge in [0.1, 0.15) is 12.9 Å². The van der Waals surface area contributed by atoms with Crippen molar-refractivity contribution in [3.8, 4) is 0 Å². The highest BCUT2D eigenvalue weighted by atomic mass is 16.2. The van der Waals surface area contributed by atoms with Crippen LogP contribution in [0.25, 0.3) is 11.2 Å². The maximum Gasteiger partial charge on any atom is 0.283 e. The standard InChI is InChI=1S/C20H24N6O2/c1-14-7-9-15(10-8-14)11-26-19-18(23-24-26)20(28)25(13-21-19)12-17(27)22-16-5-3-2-4-6-16/h7-10,13,16H,2-6,11-12H2,1H3,(H,22,27). The molecule has 1 aliphatic carbocycles. The molecular formula is C20H24N6O2. The molecule has 0 atom stereocenters. The van der Waals surface area contributed by atoms with E-state index < -0.39 is 0 Å². The van der Waals surface area contributed by atoms with Crippen molar-refractivity contribution in [3.63, 3.8) is 0 Å². The molecular weight excluding hydrogens is 356 g/mol. The van der Waals surface area contributed by atoms with Gasteiger partial charge in [-0.2, -0.15) is 0 Å². The molecule has 1 N–H and O–H groups in total. The van der Waals surface area contributed by atoms with Crippen LogP contribution < -0.4 is 10.9 Å². The summed E-state index contributed by atoms with van der Waals surface area (Å²) in [7, 11) is 0. The Balaban J connectivity index is 1.50. The zero-order chi connectivity index (χ0) is 19.5. The van der Waals surface area contributed by atoms with E-state index in [4.69, 9.17) is 0 Å². The predicted octanol–water partition coefficient (Wildman–Crippen LogP) is 1.79. The molecule has 1 fully saturated rings. The topological polar surface area (TPSA) is 94.7 Å². The minimum Gasteiger partial charge on any atom is -0.352 e. The van der Waals surface area contributed by atoms with Crippen molar-refractivity contribution in [2.75, 3.05) is 0 Å². The summed E-state index contributed by atoms with van der Waals surface area (Å²) in [4.78, 5) is 29.3. The molecule has 0 aliphatic heterocycles. The average molecular weight is 380 g/mol. The van der Waals surface area contributed by atoms with Gasteiger partial charge in [0.05, 0.1) is 6.54 Å². The minimum absolute atomic E-state index is 0.0525. The van der Waals surface area contributed by atoms with E-state index in [1.807, 2.05) is 31.2 Å². The number of benzene rings is 1. The molecule has 0 bridgehead atoms. The fraction of sp³-hybridized carbons (Fsp3) is 0.450. The molecule has 1 aromatic carbocycles. The molecule has 1 saturated carbocycles. The molecule has 1 aliphatic rings. The number of carbonyl (C=O) groups is 1. The zero-order valence-corrected chi connectivity index (χ0v) is 16.0. The lowest BCUT2D eigenvalue weighted by Crippen LogP contribution is -2.39. The Kier molecular flexibility index (Phi) is 5.18. The number of carbonyl (C=O) groups excluding carboxylic acids is 1. The second kappa shape index (κ2) is 7.92. The number of aryl methyl sites for hydroxylation is 1. The highest BCUT2D eigenvalue weighted by Crippen LogP contribution is 2.17. The van der Waals surface area contributed by atoms with Crippen LogP contribution in [0.3, 0.4) is 0 Å². The van der Waals surface area contributed by atoms with Gasteiger partial charge in [0.2, 0.25) is 5.91 Å². The van der Waals surface area contributed by atoms with Gasteiger partial charge < -0.3 is 5.32 Å². The number of hydrogen-bond donors (Lipinski definition) is 1. The minimum atomic E-state index is -0.348. The van der Waals surface area contributed by atoms with Gasteiger partial charge in [-0.3, -0.25) is 14.2 Å². The molecule has 0 unspecified atom stereocenters. The lowest BCUT2D eigenvalue weighted by atomic mass is 9.95. The number of nitrogens with zero attached hydrogens (tertiary/aromatic N) is 5. The molecule has 0 spiro atoms. The second-order valence-electron chi connectivity index (χ2n) is 7.48. The lowest BCUT2D eigenvalue weighted by molar-refractivity contribution is -0.122. The average Bonchev–Trinajstić information content (AvgIpc) is 3.10. The number of rotatable bonds is 5. The lowest BCUT2D eigenvalue weighted by Gasteiger charge is -2.22. The summed E-state index contributed by atoms with van der Waals surface area (Å²) in [5.74, 6) is -0.165. The van der Waals surface area contributed by atoms with Gasteiger partial charge in [-0.25, -0.2) is 9.67 Å². The summed E-state index contributed by atoms with van der Waals surface area (Å²) in [5.41, 5.74) is 2.49. The third-order valence-corrected chi connectivity index (χ3v) is 5.23. The van der Waals surface area contributed by atoms with Crippen LogP contribution in [0.4, 0.5) is 0 Å². The van der Waals surface area contributed by atoms with Crippen molar-refractivity contribution in [1.29, 1.82) is 0 Å². The molecule has 8 nitrogen and oxygen atoms in total. The number of nitrogens with one attached hydrogen (secondary N) is 1. The van der Waals surface area contributed by atoms with Crippen molar-refractivity contribution in [2.45, 2.75) is 58.2 Å². The van der Waals surface area contributed by atoms with Gasteiger partial charge >= 0.3 is 0 Å². The zero-order valence-electron chi connectivity index (χ0n) is 16.0. The van der Waals surface area contributed by atoms with Crippen LogP contribution in [0.1, 0.15) is 43.2 Å². The highest BCUT2D eigenvalue weighted by molar-refractivity contribution is 5.76. The molecule has 4 rings (SSSR count). The Bertz CT molecular complexity index is 1030. The Morgan fingerprint density at radius 3 is 2.68 bits per heavy atom. The molecule has 2 heterocycles. The second-order valence-corrected chi connectivity index (χ2v) is 7.48. The van der Waals surface area contributed by atoms with Crippen LogP contribution in [0, 0.1) is 6.92 Å². The largest absolute Gasteiger partial charge is 0.352 e. The molecule has 3 aromatic rings. The van der Waals surface area contributed by atoms with Crippen LogP contribution in [0.2, 0.25) is 0 Å². The Hall–Kier alpha value is -3.03. The quantitative estimate of drug-likeness (QED) is 0.728. The van der Waals surface area contributed by atoms with Crippen molar-refractivity contribution in [3.05, 3.63) is 52.1 Å². The predicted molar refractivity (Wildman–Crippen MR) is 105 cm³/mol. The molecule has 0 radical (unpaired) electrons. The van der Waals surface area contributed by atoms with Crippen molar-refractivity contribution in [2.24, 2.45) is 0 Å². The number of hydrogen-bond acceptors (Lipinski definition) is 5. The molecule has 146 valence electrons. The van der Waals surface area contributed by atoms with Gasteiger partial charge in [0.15, 0.2) is 11.2 Å². The van der Waals surface area contributed by atoms with Crippen LogP contribution in [0.5, 0.6) is 0 Å². The Morgan fingerprint density at radius 2 is 1.93 bits per heavy atom. The third-order valence-electron chi connectivity index (χ3n) is 5.23. The Morgan fingerprint density at radius 1 is 1.18 bits per heavy atom. The SMILES string of the molecule is Cc1ccc(Cn2nnc3c(=O)n(CC(=O)NC4CCCCC4)cnc32)cc1. The van der Waals surface area contributed by atoms with E-state index in [-0.39, 0.29) is 29.6 Å². The first-order valence-electron chi connectivity index (χ1n) is 9.74. The first-order valence-corrected chi connectivity index (χ1v) is 9.74. The van der Waals surface area contributed by atoms with Crippen molar-refractivity contribution >= 4 is 17.1 Å². The van der Waals surface area contributed by atoms with Crippen LogP contribution >= 0.6 is 0 Å². The molecule has 2 aromatic heterocycles. The molecule has 1 amide bonds. The van der Waals surface area contributed by atoms with Crippen molar-refractivity contribution in [1.82, 2.24) is 29.9 Å². The van der Waals surface area contributed by atoms with Gasteiger partial charge in [-0.05, 0) is 25.3 Å². The fourth-order valence-corrected chi connectivity index (χ4v) is 3.65. The van der Waals surface area contributed by atoms with E-state index >= 15 is 0 Å². The van der Waals surface area contributed by atoms with Crippen LogP contribution in [0.15, 0.2) is 35.4 Å². The number of aromatic nitrogens is 5.